The molecule has 1 fully saturated rings. The van der Waals surface area contributed by atoms with Gasteiger partial charge in [-0.25, -0.2) is 9.97 Å². The SMILES string of the molecule is COc1ccc(-n2c(=O)c(CCc3ccccc3)nc3cnc(N4CCOCC4)nc32)cc1. The van der Waals surface area contributed by atoms with Gasteiger partial charge >= 0.3 is 0 Å². The van der Waals surface area contributed by atoms with Gasteiger partial charge in [0.05, 0.1) is 32.2 Å². The van der Waals surface area contributed by atoms with Crippen molar-refractivity contribution >= 4 is 17.1 Å². The van der Waals surface area contributed by atoms with Crippen molar-refractivity contribution < 1.29 is 9.47 Å². The number of morpholine rings is 1. The number of nitrogens with zero attached hydrogens (tertiary/aromatic N) is 5. The highest BCUT2D eigenvalue weighted by Gasteiger charge is 2.19. The highest BCUT2D eigenvalue weighted by atomic mass is 16.5. The summed E-state index contributed by atoms with van der Waals surface area (Å²) in [6.45, 7) is 2.68. The fraction of sp³-hybridized carbons (Fsp3) is 0.280. The Bertz CT molecular complexity index is 1300. The van der Waals surface area contributed by atoms with Gasteiger partial charge in [0.2, 0.25) is 5.95 Å². The summed E-state index contributed by atoms with van der Waals surface area (Å²) in [5.41, 5.74) is 3.27. The van der Waals surface area contributed by atoms with Crippen molar-refractivity contribution in [3.05, 3.63) is 82.4 Å². The first-order chi connectivity index (χ1) is 16.2. The number of methoxy groups -OCH3 is 1. The van der Waals surface area contributed by atoms with E-state index in [0.29, 0.717) is 61.2 Å². The second kappa shape index (κ2) is 9.38. The summed E-state index contributed by atoms with van der Waals surface area (Å²) in [6.07, 6.45) is 2.96. The van der Waals surface area contributed by atoms with Crippen molar-refractivity contribution in [3.63, 3.8) is 0 Å². The van der Waals surface area contributed by atoms with E-state index in [1.54, 1.807) is 17.9 Å². The van der Waals surface area contributed by atoms with E-state index in [-0.39, 0.29) is 5.56 Å². The summed E-state index contributed by atoms with van der Waals surface area (Å²) in [4.78, 5) is 29.7. The van der Waals surface area contributed by atoms with E-state index >= 15 is 0 Å². The largest absolute Gasteiger partial charge is 0.497 e. The lowest BCUT2D eigenvalue weighted by molar-refractivity contribution is 0.122. The van der Waals surface area contributed by atoms with Crippen LogP contribution in [0, 0.1) is 0 Å². The lowest BCUT2D eigenvalue weighted by Crippen LogP contribution is -2.37. The van der Waals surface area contributed by atoms with E-state index in [4.69, 9.17) is 14.5 Å². The Labute approximate surface area is 191 Å². The molecular formula is C25H25N5O3. The molecule has 168 valence electrons. The summed E-state index contributed by atoms with van der Waals surface area (Å²) in [5, 5.41) is 0. The molecule has 0 bridgehead atoms. The molecule has 0 radical (unpaired) electrons. The number of ether oxygens (including phenoxy) is 2. The molecule has 33 heavy (non-hydrogen) atoms. The Balaban J connectivity index is 1.61. The van der Waals surface area contributed by atoms with Crippen molar-refractivity contribution in [3.8, 4) is 11.4 Å². The van der Waals surface area contributed by atoms with Crippen molar-refractivity contribution in [2.75, 3.05) is 38.3 Å². The van der Waals surface area contributed by atoms with Crippen LogP contribution in [-0.2, 0) is 17.6 Å². The number of hydrogen-bond donors (Lipinski definition) is 0. The zero-order valence-corrected chi connectivity index (χ0v) is 18.5. The van der Waals surface area contributed by atoms with Crippen LogP contribution in [0.4, 0.5) is 5.95 Å². The minimum absolute atomic E-state index is 0.171. The molecule has 8 nitrogen and oxygen atoms in total. The predicted octanol–water partition coefficient (Wildman–Crippen LogP) is 2.81. The smallest absolute Gasteiger partial charge is 0.278 e. The maximum absolute atomic E-state index is 13.6. The number of anilines is 1. The van der Waals surface area contributed by atoms with Crippen LogP contribution < -0.4 is 15.2 Å². The molecule has 0 atom stereocenters. The Morgan fingerprint density at radius 3 is 2.45 bits per heavy atom. The van der Waals surface area contributed by atoms with E-state index in [1.807, 2.05) is 42.5 Å². The first-order valence-corrected chi connectivity index (χ1v) is 11.0. The molecule has 0 aliphatic carbocycles. The zero-order chi connectivity index (χ0) is 22.6. The average Bonchev–Trinajstić information content (AvgIpc) is 2.88. The predicted molar refractivity (Wildman–Crippen MR) is 126 cm³/mol. The molecule has 0 unspecified atom stereocenters. The summed E-state index contributed by atoms with van der Waals surface area (Å²) in [7, 11) is 1.62. The van der Waals surface area contributed by atoms with Gasteiger partial charge in [-0.15, -0.1) is 0 Å². The molecular weight excluding hydrogens is 418 g/mol. The number of benzene rings is 2. The molecule has 2 aromatic heterocycles. The number of fused-ring (bicyclic) bond motifs is 1. The molecule has 5 rings (SSSR count). The van der Waals surface area contributed by atoms with E-state index < -0.39 is 0 Å². The van der Waals surface area contributed by atoms with Crippen molar-refractivity contribution in [1.82, 2.24) is 19.5 Å². The molecule has 2 aromatic carbocycles. The van der Waals surface area contributed by atoms with E-state index in [9.17, 15) is 4.79 Å². The zero-order valence-electron chi connectivity index (χ0n) is 18.5. The maximum Gasteiger partial charge on any atom is 0.278 e. The number of aromatic nitrogens is 4. The fourth-order valence-electron chi connectivity index (χ4n) is 3.98. The Morgan fingerprint density at radius 1 is 0.970 bits per heavy atom. The third-order valence-corrected chi connectivity index (χ3v) is 5.77. The van der Waals surface area contributed by atoms with Gasteiger partial charge in [0.15, 0.2) is 5.65 Å². The van der Waals surface area contributed by atoms with Crippen LogP contribution in [0.25, 0.3) is 16.9 Å². The van der Waals surface area contributed by atoms with Crippen molar-refractivity contribution in [2.45, 2.75) is 12.8 Å². The Kier molecular flexibility index (Phi) is 5.99. The summed E-state index contributed by atoms with van der Waals surface area (Å²) < 4.78 is 12.4. The molecule has 0 spiro atoms. The lowest BCUT2D eigenvalue weighted by Gasteiger charge is -2.26. The second-order valence-electron chi connectivity index (χ2n) is 7.86. The highest BCUT2D eigenvalue weighted by molar-refractivity contribution is 5.73. The number of hydrogen-bond acceptors (Lipinski definition) is 7. The van der Waals surface area contributed by atoms with E-state index in [2.05, 4.69) is 27.0 Å². The molecule has 3 heterocycles. The van der Waals surface area contributed by atoms with Gasteiger partial charge in [-0.2, -0.15) is 4.98 Å². The van der Waals surface area contributed by atoms with Gasteiger partial charge in [0, 0.05) is 13.1 Å². The molecule has 0 amide bonds. The summed E-state index contributed by atoms with van der Waals surface area (Å²) >= 11 is 0. The standard InChI is InChI=1S/C25H25N5O3/c1-32-20-10-8-19(9-11-20)30-23-22(17-26-25(28-23)29-13-15-33-16-14-29)27-21(24(30)31)12-7-18-5-3-2-4-6-18/h2-6,8-11,17H,7,12-16H2,1H3. The first-order valence-electron chi connectivity index (χ1n) is 11.0. The van der Waals surface area contributed by atoms with Gasteiger partial charge in [-0.1, -0.05) is 30.3 Å². The molecule has 0 saturated carbocycles. The fourth-order valence-corrected chi connectivity index (χ4v) is 3.98. The second-order valence-corrected chi connectivity index (χ2v) is 7.86. The van der Waals surface area contributed by atoms with Gasteiger partial charge in [-0.05, 0) is 42.7 Å². The van der Waals surface area contributed by atoms with Gasteiger partial charge in [-0.3, -0.25) is 9.36 Å². The molecule has 1 aliphatic heterocycles. The van der Waals surface area contributed by atoms with Crippen molar-refractivity contribution in [2.24, 2.45) is 0 Å². The number of rotatable bonds is 6. The summed E-state index contributed by atoms with van der Waals surface area (Å²) in [6, 6.07) is 17.5. The average molecular weight is 444 g/mol. The highest BCUT2D eigenvalue weighted by Crippen LogP contribution is 2.20. The van der Waals surface area contributed by atoms with Crippen LogP contribution in [0.1, 0.15) is 11.3 Å². The van der Waals surface area contributed by atoms with Crippen LogP contribution in [0.15, 0.2) is 65.6 Å². The monoisotopic (exact) mass is 443 g/mol. The van der Waals surface area contributed by atoms with Gasteiger partial charge in [0.1, 0.15) is 17.0 Å². The minimum Gasteiger partial charge on any atom is -0.497 e. The third-order valence-electron chi connectivity index (χ3n) is 5.77. The third kappa shape index (κ3) is 4.42. The molecule has 1 saturated heterocycles. The van der Waals surface area contributed by atoms with Crippen LogP contribution >= 0.6 is 0 Å². The van der Waals surface area contributed by atoms with Crippen molar-refractivity contribution in [1.29, 1.82) is 0 Å². The van der Waals surface area contributed by atoms with Crippen LogP contribution in [-0.4, -0.2) is 52.9 Å². The van der Waals surface area contributed by atoms with Gasteiger partial charge < -0.3 is 14.4 Å². The topological polar surface area (TPSA) is 82.4 Å². The Hall–Kier alpha value is -3.78. The van der Waals surface area contributed by atoms with E-state index in [1.165, 1.54) is 0 Å². The normalized spacial score (nSPS) is 13.9. The van der Waals surface area contributed by atoms with Gasteiger partial charge in [0.25, 0.3) is 5.56 Å². The molecule has 1 aliphatic rings. The lowest BCUT2D eigenvalue weighted by atomic mass is 10.1. The molecule has 8 heteroatoms. The van der Waals surface area contributed by atoms with E-state index in [0.717, 1.165) is 17.7 Å². The number of aryl methyl sites for hydroxylation is 2. The maximum atomic E-state index is 13.6. The van der Waals surface area contributed by atoms with Crippen LogP contribution in [0.2, 0.25) is 0 Å². The van der Waals surface area contributed by atoms with Crippen LogP contribution in [0.3, 0.4) is 0 Å². The molecule has 0 N–H and O–H groups in total. The molecule has 4 aromatic rings. The first kappa shape index (κ1) is 21.1. The minimum atomic E-state index is -0.171. The Morgan fingerprint density at radius 2 is 1.73 bits per heavy atom. The van der Waals surface area contributed by atoms with Crippen LogP contribution in [0.5, 0.6) is 5.75 Å². The quantitative estimate of drug-likeness (QED) is 0.453. The summed E-state index contributed by atoms with van der Waals surface area (Å²) in [5.74, 6) is 1.30.